The number of hydrogen-bond donors (Lipinski definition) is 0. The summed E-state index contributed by atoms with van der Waals surface area (Å²) in [6, 6.07) is 7.78. The molecule has 1 rings (SSSR count). The van der Waals surface area contributed by atoms with E-state index in [4.69, 9.17) is 0 Å². The fraction of sp³-hybridized carbons (Fsp3) is 0.385. The summed E-state index contributed by atoms with van der Waals surface area (Å²) < 4.78 is 0. The zero-order valence-corrected chi connectivity index (χ0v) is 9.99. The van der Waals surface area contributed by atoms with Crippen LogP contribution >= 0.6 is 0 Å². The molecule has 0 N–H and O–H groups in total. The maximum Gasteiger partial charge on any atom is 0.289 e. The molecular weight excluding hydrogens is 202 g/mol. The molecule has 0 fully saturated rings. The third kappa shape index (κ3) is 3.19. The molecule has 0 saturated heterocycles. The predicted octanol–water partition coefficient (Wildman–Crippen LogP) is 1.45. The van der Waals surface area contributed by atoms with E-state index in [1.54, 1.807) is 14.1 Å². The molecule has 3 nitrogen and oxygen atoms in total. The first kappa shape index (κ1) is 12.4. The van der Waals surface area contributed by atoms with Crippen LogP contribution in [0.5, 0.6) is 0 Å². The summed E-state index contributed by atoms with van der Waals surface area (Å²) >= 11 is 0. The Hall–Kier alpha value is -1.64. The standard InChI is InChI=1S/C13H17NO2/c1-4-10-5-7-11(8-6-10)9-12(15)13(16)14(2)3/h5-8H,4,9H2,1-3H3. The lowest BCUT2D eigenvalue weighted by Gasteiger charge is -2.08. The predicted molar refractivity (Wildman–Crippen MR) is 63.2 cm³/mol. The summed E-state index contributed by atoms with van der Waals surface area (Å²) in [6.07, 6.45) is 1.16. The normalized spacial score (nSPS) is 9.94. The van der Waals surface area contributed by atoms with Gasteiger partial charge in [-0.3, -0.25) is 9.59 Å². The second-order valence-corrected chi connectivity index (χ2v) is 3.97. The number of ketones is 1. The quantitative estimate of drug-likeness (QED) is 0.719. The minimum atomic E-state index is -0.445. The topological polar surface area (TPSA) is 37.4 Å². The highest BCUT2D eigenvalue weighted by Gasteiger charge is 2.15. The number of hydrogen-bond acceptors (Lipinski definition) is 2. The van der Waals surface area contributed by atoms with Crippen molar-refractivity contribution in [3.8, 4) is 0 Å². The smallest absolute Gasteiger partial charge is 0.289 e. The van der Waals surface area contributed by atoms with Gasteiger partial charge < -0.3 is 4.90 Å². The van der Waals surface area contributed by atoms with Crippen molar-refractivity contribution >= 4 is 11.7 Å². The Morgan fingerprint density at radius 2 is 1.56 bits per heavy atom. The van der Waals surface area contributed by atoms with Crippen LogP contribution in [0, 0.1) is 0 Å². The number of rotatable bonds is 4. The average molecular weight is 219 g/mol. The maximum absolute atomic E-state index is 11.5. The molecule has 0 aliphatic carbocycles. The van der Waals surface area contributed by atoms with Crippen LogP contribution in [0.4, 0.5) is 0 Å². The molecule has 0 aliphatic heterocycles. The molecule has 0 heterocycles. The summed E-state index contributed by atoms with van der Waals surface area (Å²) in [5, 5.41) is 0. The van der Waals surface area contributed by atoms with Gasteiger partial charge in [-0.2, -0.15) is 0 Å². The van der Waals surface area contributed by atoms with Gasteiger partial charge in [0.2, 0.25) is 5.78 Å². The molecule has 3 heteroatoms. The lowest BCUT2D eigenvalue weighted by molar-refractivity contribution is -0.142. The van der Waals surface area contributed by atoms with Gasteiger partial charge in [0.25, 0.3) is 5.91 Å². The van der Waals surface area contributed by atoms with E-state index in [9.17, 15) is 9.59 Å². The van der Waals surface area contributed by atoms with E-state index >= 15 is 0 Å². The minimum Gasteiger partial charge on any atom is -0.342 e. The number of carbonyl (C=O) groups is 2. The average Bonchev–Trinajstić information content (AvgIpc) is 2.28. The molecule has 1 amide bonds. The van der Waals surface area contributed by atoms with Gasteiger partial charge in [0.1, 0.15) is 0 Å². The van der Waals surface area contributed by atoms with Crippen LogP contribution < -0.4 is 0 Å². The SMILES string of the molecule is CCc1ccc(CC(=O)C(=O)N(C)C)cc1. The number of likely N-dealkylation sites (N-methyl/N-ethyl adjacent to an activating group) is 1. The molecule has 0 aliphatic rings. The van der Waals surface area contributed by atoms with Crippen LogP contribution in [0.15, 0.2) is 24.3 Å². The summed E-state index contributed by atoms with van der Waals surface area (Å²) in [7, 11) is 3.17. The summed E-state index contributed by atoms with van der Waals surface area (Å²) in [5.41, 5.74) is 2.12. The van der Waals surface area contributed by atoms with Gasteiger partial charge >= 0.3 is 0 Å². The van der Waals surface area contributed by atoms with Gasteiger partial charge in [-0.15, -0.1) is 0 Å². The molecule has 0 unspecified atom stereocenters. The third-order valence-electron chi connectivity index (χ3n) is 2.44. The molecule has 0 bridgehead atoms. The van der Waals surface area contributed by atoms with E-state index in [2.05, 4.69) is 6.92 Å². The monoisotopic (exact) mass is 219 g/mol. The van der Waals surface area contributed by atoms with Crippen LogP contribution in [0.2, 0.25) is 0 Å². The molecule has 0 saturated carbocycles. The Bertz CT molecular complexity index is 379. The van der Waals surface area contributed by atoms with Crippen molar-refractivity contribution in [2.75, 3.05) is 14.1 Å². The molecular formula is C13H17NO2. The van der Waals surface area contributed by atoms with Gasteiger partial charge in [0.05, 0.1) is 0 Å². The van der Waals surface area contributed by atoms with Crippen LogP contribution in [0.1, 0.15) is 18.1 Å². The number of nitrogens with zero attached hydrogens (tertiary/aromatic N) is 1. The van der Waals surface area contributed by atoms with Crippen LogP contribution in [-0.4, -0.2) is 30.7 Å². The maximum atomic E-state index is 11.5. The molecule has 86 valence electrons. The lowest BCUT2D eigenvalue weighted by atomic mass is 10.1. The Morgan fingerprint density at radius 3 is 2.00 bits per heavy atom. The van der Waals surface area contributed by atoms with Crippen molar-refractivity contribution in [2.45, 2.75) is 19.8 Å². The number of amides is 1. The van der Waals surface area contributed by atoms with Gasteiger partial charge in [0, 0.05) is 20.5 Å². The molecule has 1 aromatic rings. The molecule has 0 aromatic heterocycles. The number of carbonyl (C=O) groups excluding carboxylic acids is 2. The van der Waals surface area contributed by atoms with Crippen molar-refractivity contribution in [1.29, 1.82) is 0 Å². The molecule has 16 heavy (non-hydrogen) atoms. The minimum absolute atomic E-state index is 0.182. The summed E-state index contributed by atoms with van der Waals surface area (Å²) in [5.74, 6) is -0.811. The van der Waals surface area contributed by atoms with E-state index in [0.29, 0.717) is 0 Å². The summed E-state index contributed by atoms with van der Waals surface area (Å²) in [6.45, 7) is 2.08. The second-order valence-electron chi connectivity index (χ2n) is 3.97. The molecule has 1 aromatic carbocycles. The Balaban J connectivity index is 2.66. The van der Waals surface area contributed by atoms with Gasteiger partial charge in [-0.25, -0.2) is 0 Å². The number of aryl methyl sites for hydroxylation is 1. The third-order valence-corrected chi connectivity index (χ3v) is 2.44. The number of Topliss-reactive ketones (excluding diaryl/α,β-unsaturated/α-hetero) is 1. The van der Waals surface area contributed by atoms with E-state index in [0.717, 1.165) is 12.0 Å². The van der Waals surface area contributed by atoms with E-state index in [1.807, 2.05) is 24.3 Å². The highest BCUT2D eigenvalue weighted by Crippen LogP contribution is 2.06. The Labute approximate surface area is 96.1 Å². The van der Waals surface area contributed by atoms with Gasteiger partial charge in [-0.1, -0.05) is 31.2 Å². The lowest BCUT2D eigenvalue weighted by Crippen LogP contribution is -2.30. The fourth-order valence-electron chi connectivity index (χ4n) is 1.40. The van der Waals surface area contributed by atoms with Crippen molar-refractivity contribution in [1.82, 2.24) is 4.90 Å². The Kier molecular flexibility index (Phi) is 4.23. The van der Waals surface area contributed by atoms with Crippen molar-refractivity contribution < 1.29 is 9.59 Å². The van der Waals surface area contributed by atoms with Crippen LogP contribution in [-0.2, 0) is 22.4 Å². The van der Waals surface area contributed by atoms with Crippen molar-refractivity contribution in [2.24, 2.45) is 0 Å². The molecule has 0 radical (unpaired) electrons. The highest BCUT2D eigenvalue weighted by molar-refractivity contribution is 6.36. The first-order valence-corrected chi connectivity index (χ1v) is 5.37. The molecule has 0 spiro atoms. The second kappa shape index (κ2) is 5.45. The van der Waals surface area contributed by atoms with Crippen LogP contribution in [0.3, 0.4) is 0 Å². The van der Waals surface area contributed by atoms with Crippen molar-refractivity contribution in [3.05, 3.63) is 35.4 Å². The zero-order chi connectivity index (χ0) is 12.1. The molecule has 0 atom stereocenters. The van der Waals surface area contributed by atoms with E-state index in [1.165, 1.54) is 10.5 Å². The fourth-order valence-corrected chi connectivity index (χ4v) is 1.40. The Morgan fingerprint density at radius 1 is 1.06 bits per heavy atom. The van der Waals surface area contributed by atoms with Gasteiger partial charge in [0.15, 0.2) is 0 Å². The first-order valence-electron chi connectivity index (χ1n) is 5.37. The number of benzene rings is 1. The van der Waals surface area contributed by atoms with Crippen molar-refractivity contribution in [3.63, 3.8) is 0 Å². The zero-order valence-electron chi connectivity index (χ0n) is 9.99. The van der Waals surface area contributed by atoms with E-state index < -0.39 is 5.91 Å². The van der Waals surface area contributed by atoms with Gasteiger partial charge in [-0.05, 0) is 17.5 Å². The first-order chi connectivity index (χ1) is 7.54. The van der Waals surface area contributed by atoms with Crippen LogP contribution in [0.25, 0.3) is 0 Å². The largest absolute Gasteiger partial charge is 0.342 e. The van der Waals surface area contributed by atoms with E-state index in [-0.39, 0.29) is 12.2 Å². The summed E-state index contributed by atoms with van der Waals surface area (Å²) in [4.78, 5) is 24.2. The highest BCUT2D eigenvalue weighted by atomic mass is 16.2.